The molecule has 0 radical (unpaired) electrons. The molecule has 2 aromatic rings. The van der Waals surface area contributed by atoms with E-state index in [0.717, 1.165) is 12.7 Å². The van der Waals surface area contributed by atoms with Gasteiger partial charge in [-0.3, -0.25) is 10.1 Å². The highest BCUT2D eigenvalue weighted by molar-refractivity contribution is 7.90. The molecule has 0 heterocycles. The average molecular weight is 553 g/mol. The predicted molar refractivity (Wildman–Crippen MR) is 138 cm³/mol. The van der Waals surface area contributed by atoms with Crippen LogP contribution in [-0.2, 0) is 29.0 Å². The van der Waals surface area contributed by atoms with Crippen molar-refractivity contribution in [1.29, 1.82) is 0 Å². The minimum Gasteiger partial charge on any atom is -0.462 e. The summed E-state index contributed by atoms with van der Waals surface area (Å²) in [6, 6.07) is 13.8. The Morgan fingerprint density at radius 2 is 1.65 bits per heavy atom. The van der Waals surface area contributed by atoms with Crippen LogP contribution in [0.25, 0.3) is 5.57 Å². The van der Waals surface area contributed by atoms with Gasteiger partial charge in [-0.05, 0) is 54.1 Å². The summed E-state index contributed by atoms with van der Waals surface area (Å²) in [5.74, 6) is -0.532. The minimum absolute atomic E-state index is 0.0360. The van der Waals surface area contributed by atoms with Crippen molar-refractivity contribution in [2.24, 2.45) is 0 Å². The van der Waals surface area contributed by atoms with Gasteiger partial charge in [-0.15, -0.1) is 10.1 Å². The first-order valence-electron chi connectivity index (χ1n) is 11.5. The van der Waals surface area contributed by atoms with Crippen LogP contribution in [0.3, 0.4) is 0 Å². The summed E-state index contributed by atoms with van der Waals surface area (Å²) in [5, 5.41) is 11.6. The Hall–Kier alpha value is -3.28. The third-order valence-electron chi connectivity index (χ3n) is 5.27. The van der Waals surface area contributed by atoms with E-state index >= 15 is 0 Å². The second-order valence-corrected chi connectivity index (χ2v) is 10.5. The van der Waals surface area contributed by atoms with Gasteiger partial charge in [-0.1, -0.05) is 55.0 Å². The molecule has 0 fully saturated rings. The fourth-order valence-corrected chi connectivity index (χ4v) is 4.23. The van der Waals surface area contributed by atoms with Crippen molar-refractivity contribution in [3.63, 3.8) is 0 Å². The lowest BCUT2D eigenvalue weighted by molar-refractivity contribution is -0.757. The highest BCUT2D eigenvalue weighted by Gasteiger charge is 2.19. The van der Waals surface area contributed by atoms with E-state index in [0.29, 0.717) is 36.0 Å². The minimum atomic E-state index is -3.38. The highest BCUT2D eigenvalue weighted by atomic mass is 35.5. The Morgan fingerprint density at radius 1 is 1.03 bits per heavy atom. The van der Waals surface area contributed by atoms with Crippen LogP contribution >= 0.6 is 11.6 Å². The van der Waals surface area contributed by atoms with Crippen LogP contribution in [0.1, 0.15) is 42.9 Å². The summed E-state index contributed by atoms with van der Waals surface area (Å²) in [6.45, 7) is 0.322. The molecule has 0 saturated heterocycles. The van der Waals surface area contributed by atoms with Gasteiger partial charge in [0.25, 0.3) is 5.09 Å². The molecular formula is C25H29ClN2O8S. The van der Waals surface area contributed by atoms with Gasteiger partial charge in [-0.2, -0.15) is 0 Å². The van der Waals surface area contributed by atoms with Crippen molar-refractivity contribution in [3.8, 4) is 0 Å². The zero-order chi connectivity index (χ0) is 27.3. The topological polar surface area (TPSA) is 142 Å². The maximum absolute atomic E-state index is 12.8. The molecule has 2 rings (SSSR count). The van der Waals surface area contributed by atoms with E-state index < -0.39 is 32.2 Å². The lowest BCUT2D eigenvalue weighted by atomic mass is 10.1. The SMILES string of the molecule is CS(=O)(=O)c1ccc(C(NC/C=C(\C(=O)OCCCCCCO[N+](=O)[O-])c2ccccc2)C(=O)Cl)cc1. The number of unbranched alkanes of at least 4 members (excludes halogenated alkanes) is 3. The smallest absolute Gasteiger partial charge is 0.338 e. The summed E-state index contributed by atoms with van der Waals surface area (Å²) in [5.41, 5.74) is 1.42. The standard InChI is InChI=1S/C25H29ClN2O8S/c1-37(33,34)21-13-11-20(12-14-21)23(24(26)29)27-16-15-22(19-9-5-4-6-10-19)25(30)35-17-7-2-3-8-18-36-28(31)32/h4-6,9-15,23,27H,2-3,7-8,16-18H2,1H3/b22-15-. The molecule has 0 aliphatic heterocycles. The fourth-order valence-electron chi connectivity index (χ4n) is 3.39. The summed E-state index contributed by atoms with van der Waals surface area (Å²) in [6.07, 6.45) is 5.25. The molecule has 37 heavy (non-hydrogen) atoms. The molecule has 0 spiro atoms. The van der Waals surface area contributed by atoms with Gasteiger partial charge in [0.2, 0.25) is 5.24 Å². The zero-order valence-electron chi connectivity index (χ0n) is 20.3. The number of rotatable bonds is 16. The Morgan fingerprint density at radius 3 is 2.22 bits per heavy atom. The van der Waals surface area contributed by atoms with Gasteiger partial charge in [0.15, 0.2) is 9.84 Å². The second kappa shape index (κ2) is 15.1. The van der Waals surface area contributed by atoms with E-state index in [-0.39, 0.29) is 24.7 Å². The Bertz CT molecular complexity index is 1180. The molecule has 0 aromatic heterocycles. The largest absolute Gasteiger partial charge is 0.462 e. The van der Waals surface area contributed by atoms with E-state index in [9.17, 15) is 28.1 Å². The lowest BCUT2D eigenvalue weighted by Crippen LogP contribution is -2.26. The van der Waals surface area contributed by atoms with Crippen molar-refractivity contribution < 1.29 is 32.7 Å². The molecule has 1 N–H and O–H groups in total. The van der Waals surface area contributed by atoms with Crippen LogP contribution in [0.5, 0.6) is 0 Å². The molecule has 0 bridgehead atoms. The molecule has 1 unspecified atom stereocenters. The fraction of sp³-hybridized carbons (Fsp3) is 0.360. The molecule has 0 aliphatic carbocycles. The molecule has 0 saturated carbocycles. The van der Waals surface area contributed by atoms with E-state index in [4.69, 9.17) is 16.3 Å². The Labute approximate surface area is 220 Å². The van der Waals surface area contributed by atoms with Crippen molar-refractivity contribution in [2.75, 3.05) is 26.0 Å². The number of carbonyl (C=O) groups excluding carboxylic acids is 2. The normalized spacial score (nSPS) is 12.5. The van der Waals surface area contributed by atoms with E-state index in [1.165, 1.54) is 24.3 Å². The van der Waals surface area contributed by atoms with Crippen molar-refractivity contribution in [3.05, 3.63) is 81.9 Å². The molecule has 0 amide bonds. The van der Waals surface area contributed by atoms with Gasteiger partial charge >= 0.3 is 5.97 Å². The highest BCUT2D eigenvalue weighted by Crippen LogP contribution is 2.20. The monoisotopic (exact) mass is 552 g/mol. The number of halogens is 1. The van der Waals surface area contributed by atoms with Crippen LogP contribution in [0.2, 0.25) is 0 Å². The van der Waals surface area contributed by atoms with E-state index in [2.05, 4.69) is 10.2 Å². The van der Waals surface area contributed by atoms with Gasteiger partial charge in [-0.25, -0.2) is 13.2 Å². The number of ether oxygens (including phenoxy) is 1. The number of esters is 1. The second-order valence-electron chi connectivity index (χ2n) is 8.08. The van der Waals surface area contributed by atoms with Crippen molar-refractivity contribution in [1.82, 2.24) is 5.32 Å². The number of hydrogen-bond donors (Lipinski definition) is 1. The quantitative estimate of drug-likeness (QED) is 0.0819. The first-order valence-corrected chi connectivity index (χ1v) is 13.8. The number of sulfone groups is 1. The zero-order valence-corrected chi connectivity index (χ0v) is 21.9. The Balaban J connectivity index is 2.00. The van der Waals surface area contributed by atoms with Crippen molar-refractivity contribution in [2.45, 2.75) is 36.6 Å². The molecule has 200 valence electrons. The van der Waals surface area contributed by atoms with Crippen LogP contribution in [0.15, 0.2) is 65.6 Å². The van der Waals surface area contributed by atoms with Gasteiger partial charge < -0.3 is 9.57 Å². The van der Waals surface area contributed by atoms with Crippen molar-refractivity contribution >= 4 is 38.2 Å². The molecule has 10 nitrogen and oxygen atoms in total. The third-order valence-corrected chi connectivity index (χ3v) is 6.62. The maximum atomic E-state index is 12.8. The summed E-state index contributed by atoms with van der Waals surface area (Å²) < 4.78 is 28.8. The van der Waals surface area contributed by atoms with Crippen LogP contribution in [-0.4, -0.2) is 50.7 Å². The maximum Gasteiger partial charge on any atom is 0.338 e. The predicted octanol–water partition coefficient (Wildman–Crippen LogP) is 3.88. The number of nitrogens with one attached hydrogen (secondary N) is 1. The van der Waals surface area contributed by atoms with Gasteiger partial charge in [0.1, 0.15) is 6.04 Å². The van der Waals surface area contributed by atoms with Gasteiger partial charge in [0.05, 0.1) is 23.7 Å². The number of benzene rings is 2. The van der Waals surface area contributed by atoms with Gasteiger partial charge in [0, 0.05) is 12.8 Å². The first kappa shape index (κ1) is 29.9. The Kier molecular flexibility index (Phi) is 12.2. The van der Waals surface area contributed by atoms with E-state index in [1.807, 2.05) is 6.07 Å². The third kappa shape index (κ3) is 10.7. The first-order chi connectivity index (χ1) is 17.6. The van der Waals surface area contributed by atoms with E-state index in [1.54, 1.807) is 30.3 Å². The van der Waals surface area contributed by atoms with Crippen LogP contribution in [0.4, 0.5) is 0 Å². The number of hydrogen-bond acceptors (Lipinski definition) is 9. The molecular weight excluding hydrogens is 524 g/mol. The number of nitrogens with zero attached hydrogens (tertiary/aromatic N) is 1. The molecule has 2 aromatic carbocycles. The van der Waals surface area contributed by atoms with Crippen LogP contribution in [0, 0.1) is 10.1 Å². The molecule has 12 heteroatoms. The molecule has 0 aliphatic rings. The number of carbonyl (C=O) groups is 2. The molecule has 1 atom stereocenters. The lowest BCUT2D eigenvalue weighted by Gasteiger charge is -2.15. The summed E-state index contributed by atoms with van der Waals surface area (Å²) in [4.78, 5) is 39.3. The summed E-state index contributed by atoms with van der Waals surface area (Å²) in [7, 11) is -3.38. The average Bonchev–Trinajstić information content (AvgIpc) is 2.85. The van der Waals surface area contributed by atoms with Crippen LogP contribution < -0.4 is 5.32 Å². The summed E-state index contributed by atoms with van der Waals surface area (Å²) >= 11 is 5.78.